The van der Waals surface area contributed by atoms with E-state index in [0.717, 1.165) is 0 Å². The zero-order valence-corrected chi connectivity index (χ0v) is 20.3. The van der Waals surface area contributed by atoms with Crippen LogP contribution >= 0.6 is 0 Å². The van der Waals surface area contributed by atoms with Gasteiger partial charge < -0.3 is 0 Å². The summed E-state index contributed by atoms with van der Waals surface area (Å²) in [5, 5.41) is 0. The summed E-state index contributed by atoms with van der Waals surface area (Å²) in [6.07, 6.45) is 23.3. The van der Waals surface area contributed by atoms with Gasteiger partial charge in [0.1, 0.15) is 0 Å². The highest BCUT2D eigenvalue weighted by molar-refractivity contribution is 5.21. The van der Waals surface area contributed by atoms with Gasteiger partial charge in [-0.3, -0.25) is 0 Å². The van der Waals surface area contributed by atoms with Crippen molar-refractivity contribution in [2.24, 2.45) is 107 Å². The van der Waals surface area contributed by atoms with Gasteiger partial charge in [0.15, 0.2) is 0 Å². The quantitative estimate of drug-likeness (QED) is 0.370. The lowest BCUT2D eigenvalue weighted by Gasteiger charge is -2.77. The molecule has 0 N–H and O–H groups in total. The second-order valence-electron chi connectivity index (χ2n) is 15.8. The summed E-state index contributed by atoms with van der Waals surface area (Å²) in [7, 11) is 0. The van der Waals surface area contributed by atoms with E-state index in [9.17, 15) is 0 Å². The largest absolute Gasteiger partial charge is 0.0499 e. The lowest BCUT2D eigenvalue weighted by Crippen LogP contribution is -2.72. The van der Waals surface area contributed by atoms with Crippen molar-refractivity contribution in [2.75, 3.05) is 0 Å². The average molecular weight is 431 g/mol. The second-order valence-corrected chi connectivity index (χ2v) is 15.8. The van der Waals surface area contributed by atoms with E-state index in [0.29, 0.717) is 0 Å². The maximum atomic E-state index is 1.71. The summed E-state index contributed by atoms with van der Waals surface area (Å²) < 4.78 is 0. The summed E-state index contributed by atoms with van der Waals surface area (Å²) in [6, 6.07) is 0. The maximum Gasteiger partial charge on any atom is -0.0312 e. The van der Waals surface area contributed by atoms with Gasteiger partial charge in [-0.2, -0.15) is 0 Å². The SMILES string of the molecule is C1CC2CCC3CC4CCC5CCC6CCC7CC8CCC1C1C2C3C2C4C5C6C7C2C81. The molecule has 0 aromatic carbocycles. The molecule has 0 nitrogen and oxygen atoms in total. The summed E-state index contributed by atoms with van der Waals surface area (Å²) in [6.45, 7) is 0. The molecule has 0 aliphatic heterocycles. The monoisotopic (exact) mass is 430 g/mol. The topological polar surface area (TPSA) is 0 Å². The van der Waals surface area contributed by atoms with Crippen LogP contribution in [-0.4, -0.2) is 0 Å². The van der Waals surface area contributed by atoms with Crippen LogP contribution in [0, 0.1) is 107 Å². The van der Waals surface area contributed by atoms with Crippen LogP contribution in [0.3, 0.4) is 0 Å². The summed E-state index contributed by atoms with van der Waals surface area (Å²) in [5.74, 6) is 21.7. The van der Waals surface area contributed by atoms with Crippen LogP contribution in [-0.2, 0) is 0 Å². The van der Waals surface area contributed by atoms with Crippen molar-refractivity contribution < 1.29 is 0 Å². The van der Waals surface area contributed by atoms with Crippen molar-refractivity contribution >= 4 is 0 Å². The standard InChI is InChI=1S/C32H46/c1-2-16-6-10-20-14-22-12-8-18-4-3-17-7-11-21-13-19-9-5-15(1)23-24(16)28(20)32-30(22)26(18)25(17)29(21)31(32)27(19)23/h15-32H,1-14H2. The zero-order chi connectivity index (χ0) is 20.3. The second kappa shape index (κ2) is 6.03. The Kier molecular flexibility index (Phi) is 3.45. The third kappa shape index (κ3) is 1.94. The molecule has 174 valence electrons. The molecule has 16 atom stereocenters. The Balaban J connectivity index is 1.21. The first-order chi connectivity index (χ1) is 15.9. The smallest absolute Gasteiger partial charge is 0.0312 e. The van der Waals surface area contributed by atoms with Gasteiger partial charge in [-0.05, 0) is 196 Å². The molecule has 10 fully saturated rings. The van der Waals surface area contributed by atoms with Gasteiger partial charge in [-0.25, -0.2) is 0 Å². The van der Waals surface area contributed by atoms with E-state index < -0.39 is 0 Å². The fourth-order valence-electron chi connectivity index (χ4n) is 16.0. The van der Waals surface area contributed by atoms with Crippen LogP contribution in [0.25, 0.3) is 0 Å². The Morgan fingerprint density at radius 1 is 0.188 bits per heavy atom. The van der Waals surface area contributed by atoms with E-state index in [-0.39, 0.29) is 0 Å². The summed E-state index contributed by atoms with van der Waals surface area (Å²) in [5.41, 5.74) is 0. The van der Waals surface area contributed by atoms with Gasteiger partial charge in [-0.15, -0.1) is 0 Å². The molecule has 10 aliphatic carbocycles. The Bertz CT molecular complexity index is 696. The van der Waals surface area contributed by atoms with Crippen molar-refractivity contribution in [3.05, 3.63) is 0 Å². The first kappa shape index (κ1) is 18.3. The minimum Gasteiger partial charge on any atom is -0.0499 e. The van der Waals surface area contributed by atoms with Crippen LogP contribution in [0.2, 0.25) is 0 Å². The van der Waals surface area contributed by atoms with E-state index in [1.807, 2.05) is 0 Å². The highest BCUT2D eigenvalue weighted by atomic mass is 14.8. The normalized spacial score (nSPS) is 71.2. The van der Waals surface area contributed by atoms with Gasteiger partial charge in [0, 0.05) is 0 Å². The zero-order valence-electron chi connectivity index (χ0n) is 20.3. The molecule has 10 saturated carbocycles. The third-order valence-corrected chi connectivity index (χ3v) is 15.9. The van der Waals surface area contributed by atoms with Crippen molar-refractivity contribution in [1.29, 1.82) is 0 Å². The molecule has 0 bridgehead atoms. The fraction of sp³-hybridized carbons (Fsp3) is 1.00. The molecule has 0 heteroatoms. The van der Waals surface area contributed by atoms with Crippen LogP contribution in [0.5, 0.6) is 0 Å². The molecule has 0 radical (unpaired) electrons. The highest BCUT2D eigenvalue weighted by Gasteiger charge is 2.73. The minimum atomic E-state index is 1.18. The third-order valence-electron chi connectivity index (χ3n) is 15.9. The van der Waals surface area contributed by atoms with Gasteiger partial charge in [0.2, 0.25) is 0 Å². The fourth-order valence-corrected chi connectivity index (χ4v) is 16.0. The molecule has 0 spiro atoms. The molecule has 0 amide bonds. The molecule has 0 saturated heterocycles. The van der Waals surface area contributed by atoms with Gasteiger partial charge in [-0.1, -0.05) is 0 Å². The Morgan fingerprint density at radius 2 is 0.375 bits per heavy atom. The Morgan fingerprint density at radius 3 is 0.625 bits per heavy atom. The lowest BCUT2D eigenvalue weighted by atomic mass is 9.27. The molecule has 32 heavy (non-hydrogen) atoms. The molecule has 16 unspecified atom stereocenters. The molecule has 10 aliphatic rings. The van der Waals surface area contributed by atoms with E-state index in [2.05, 4.69) is 0 Å². The van der Waals surface area contributed by atoms with E-state index in [1.54, 1.807) is 89.9 Å². The van der Waals surface area contributed by atoms with Crippen LogP contribution < -0.4 is 0 Å². The maximum absolute atomic E-state index is 1.71. The Hall–Kier alpha value is 0. The minimum absolute atomic E-state index is 1.18. The van der Waals surface area contributed by atoms with Crippen LogP contribution in [0.4, 0.5) is 0 Å². The molecular formula is C32H46. The number of hydrogen-bond acceptors (Lipinski definition) is 0. The number of hydrogen-bond donors (Lipinski definition) is 0. The van der Waals surface area contributed by atoms with Crippen molar-refractivity contribution in [1.82, 2.24) is 0 Å². The molecule has 10 rings (SSSR count). The predicted octanol–water partition coefficient (Wildman–Crippen LogP) is 7.68. The van der Waals surface area contributed by atoms with E-state index >= 15 is 0 Å². The van der Waals surface area contributed by atoms with Crippen molar-refractivity contribution in [3.8, 4) is 0 Å². The molecule has 0 aromatic heterocycles. The summed E-state index contributed by atoms with van der Waals surface area (Å²) in [4.78, 5) is 0. The molecular weight excluding hydrogens is 384 g/mol. The van der Waals surface area contributed by atoms with Gasteiger partial charge in [0.05, 0.1) is 0 Å². The summed E-state index contributed by atoms with van der Waals surface area (Å²) >= 11 is 0. The first-order valence-corrected chi connectivity index (χ1v) is 15.9. The van der Waals surface area contributed by atoms with Crippen LogP contribution in [0.1, 0.15) is 89.9 Å². The number of rotatable bonds is 0. The van der Waals surface area contributed by atoms with Crippen molar-refractivity contribution in [2.45, 2.75) is 89.9 Å². The van der Waals surface area contributed by atoms with E-state index in [4.69, 9.17) is 0 Å². The van der Waals surface area contributed by atoms with Crippen molar-refractivity contribution in [3.63, 3.8) is 0 Å². The first-order valence-electron chi connectivity index (χ1n) is 15.9. The predicted molar refractivity (Wildman–Crippen MR) is 127 cm³/mol. The van der Waals surface area contributed by atoms with E-state index in [1.165, 1.54) is 107 Å². The Labute approximate surface area is 196 Å². The van der Waals surface area contributed by atoms with Gasteiger partial charge in [0.25, 0.3) is 0 Å². The molecule has 0 heterocycles. The van der Waals surface area contributed by atoms with Gasteiger partial charge >= 0.3 is 0 Å². The average Bonchev–Trinajstić information content (AvgIpc) is 2.85. The molecule has 0 aromatic rings. The lowest BCUT2D eigenvalue weighted by molar-refractivity contribution is -0.297. The van der Waals surface area contributed by atoms with Crippen LogP contribution in [0.15, 0.2) is 0 Å². The highest BCUT2D eigenvalue weighted by Crippen LogP contribution is 2.79.